The fraction of sp³-hybridized carbons (Fsp3) is 0.321. The molecule has 2 aromatic heterocycles. The maximum Gasteiger partial charge on any atom is 0.335 e. The van der Waals surface area contributed by atoms with E-state index in [1.165, 1.54) is 16.9 Å². The van der Waals surface area contributed by atoms with Crippen LogP contribution >= 0.6 is 34.5 Å². The number of allylic oxidation sites excluding steroid dienone is 1. The van der Waals surface area contributed by atoms with Gasteiger partial charge in [0, 0.05) is 11.5 Å². The predicted molar refractivity (Wildman–Crippen MR) is 151 cm³/mol. The minimum absolute atomic E-state index is 0.186. The van der Waals surface area contributed by atoms with Crippen molar-refractivity contribution in [3.63, 3.8) is 0 Å². The Bertz CT molecular complexity index is 1490. The third kappa shape index (κ3) is 5.59. The lowest BCUT2D eigenvalue weighted by Gasteiger charge is -2.22. The third-order valence-corrected chi connectivity index (χ3v) is 8.12. The van der Waals surface area contributed by atoms with Gasteiger partial charge in [-0.1, -0.05) is 71.3 Å². The van der Waals surface area contributed by atoms with Gasteiger partial charge in [-0.25, -0.2) is 14.8 Å². The number of rotatable bonds is 11. The summed E-state index contributed by atoms with van der Waals surface area (Å²) in [6.45, 7) is 4.92. The summed E-state index contributed by atoms with van der Waals surface area (Å²) in [6, 6.07) is 10.3. The second-order valence-corrected chi connectivity index (χ2v) is 11.0. The van der Waals surface area contributed by atoms with Gasteiger partial charge in [-0.15, -0.1) is 0 Å². The lowest BCUT2D eigenvalue weighted by molar-refractivity contribution is 0.0697. The number of hydrogen-bond donors (Lipinski definition) is 1. The van der Waals surface area contributed by atoms with E-state index in [1.54, 1.807) is 41.5 Å². The molecular weight excluding hydrogens is 545 g/mol. The highest BCUT2D eigenvalue weighted by atomic mass is 35.5. The van der Waals surface area contributed by atoms with Crippen LogP contribution in [0.25, 0.3) is 21.5 Å². The molecule has 0 radical (unpaired) electrons. The fourth-order valence-corrected chi connectivity index (χ4v) is 5.85. The zero-order chi connectivity index (χ0) is 26.8. The topological polar surface area (TPSA) is 88.7 Å². The molecule has 1 aliphatic rings. The molecule has 4 aromatic rings. The number of carboxylic acid groups (broad SMARTS) is 1. The molecule has 198 valence electrons. The van der Waals surface area contributed by atoms with E-state index < -0.39 is 5.97 Å². The summed E-state index contributed by atoms with van der Waals surface area (Å²) in [5.41, 5.74) is 4.17. The van der Waals surface area contributed by atoms with Crippen molar-refractivity contribution in [2.75, 3.05) is 11.6 Å². The summed E-state index contributed by atoms with van der Waals surface area (Å²) in [5.74, 6) is 0.124. The summed E-state index contributed by atoms with van der Waals surface area (Å²) in [5, 5.41) is 17.2. The molecule has 2 aromatic carbocycles. The summed E-state index contributed by atoms with van der Waals surface area (Å²) in [4.78, 5) is 22.7. The van der Waals surface area contributed by atoms with Gasteiger partial charge in [0.1, 0.15) is 18.1 Å². The van der Waals surface area contributed by atoms with Crippen molar-refractivity contribution >= 4 is 55.9 Å². The van der Waals surface area contributed by atoms with Crippen LogP contribution in [0.2, 0.25) is 10.0 Å². The lowest BCUT2D eigenvalue weighted by atomic mass is 10.0. The number of hydrogen-bond acceptors (Lipinski definition) is 7. The summed E-state index contributed by atoms with van der Waals surface area (Å²) < 4.78 is 6.58. The van der Waals surface area contributed by atoms with E-state index in [0.29, 0.717) is 44.4 Å². The van der Waals surface area contributed by atoms with Gasteiger partial charge in [-0.3, -0.25) is 4.84 Å². The van der Waals surface area contributed by atoms with Gasteiger partial charge in [0.15, 0.2) is 0 Å². The number of carbonyl (C=O) groups is 1. The molecular formula is C28H27Cl2N3O4S. The monoisotopic (exact) mass is 571 g/mol. The molecule has 10 heteroatoms. The van der Waals surface area contributed by atoms with E-state index in [-0.39, 0.29) is 12.2 Å². The average molecular weight is 573 g/mol. The lowest BCUT2D eigenvalue weighted by Crippen LogP contribution is -2.26. The molecule has 1 N–H and O–H groups in total. The molecule has 38 heavy (non-hydrogen) atoms. The Kier molecular flexibility index (Phi) is 8.04. The number of benzene rings is 2. The molecule has 0 unspecified atom stereocenters. The Morgan fingerprint density at radius 3 is 2.66 bits per heavy atom. The molecule has 0 saturated heterocycles. The highest BCUT2D eigenvalue weighted by molar-refractivity contribution is 7.22. The van der Waals surface area contributed by atoms with Crippen LogP contribution in [0.5, 0.6) is 0 Å². The molecule has 1 fully saturated rings. The number of carboxylic acids is 1. The highest BCUT2D eigenvalue weighted by Crippen LogP contribution is 2.46. The van der Waals surface area contributed by atoms with Crippen molar-refractivity contribution in [2.24, 2.45) is 0 Å². The summed E-state index contributed by atoms with van der Waals surface area (Å²) in [6.07, 6.45) is 6.03. The maximum atomic E-state index is 11.5. The molecule has 0 aliphatic heterocycles. The molecule has 0 atom stereocenters. The molecule has 0 spiro atoms. The Hall–Kier alpha value is -2.91. The number of anilines is 1. The van der Waals surface area contributed by atoms with E-state index in [9.17, 15) is 9.90 Å². The average Bonchev–Trinajstić information content (AvgIpc) is 3.52. The Balaban J connectivity index is 1.51. The van der Waals surface area contributed by atoms with Crippen LogP contribution in [0.15, 0.2) is 52.6 Å². The van der Waals surface area contributed by atoms with Crippen LogP contribution in [0, 0.1) is 0 Å². The van der Waals surface area contributed by atoms with E-state index >= 15 is 0 Å². The zero-order valence-electron chi connectivity index (χ0n) is 21.0. The second kappa shape index (κ2) is 11.5. The highest BCUT2D eigenvalue weighted by Gasteiger charge is 2.34. The number of aromatic nitrogens is 2. The molecule has 0 amide bonds. The predicted octanol–water partition coefficient (Wildman–Crippen LogP) is 8.52. The number of nitrogens with zero attached hydrogens (tertiary/aromatic N) is 3. The zero-order valence-corrected chi connectivity index (χ0v) is 23.4. The summed E-state index contributed by atoms with van der Waals surface area (Å²) in [7, 11) is 0. The SMILES string of the molecule is CC/C=C(\CC)CN(OCc1c(-c2c(Cl)cccc2Cl)noc1C1CC1)c1nc2ccc(C(=O)O)cc2s1. The minimum atomic E-state index is -0.972. The van der Waals surface area contributed by atoms with Gasteiger partial charge in [-0.2, -0.15) is 0 Å². The van der Waals surface area contributed by atoms with Crippen LogP contribution in [0.4, 0.5) is 5.13 Å². The quantitative estimate of drug-likeness (QED) is 0.142. The van der Waals surface area contributed by atoms with Gasteiger partial charge < -0.3 is 9.63 Å². The van der Waals surface area contributed by atoms with Gasteiger partial charge >= 0.3 is 5.97 Å². The molecule has 1 saturated carbocycles. The van der Waals surface area contributed by atoms with Gasteiger partial charge in [-0.05, 0) is 56.0 Å². The van der Waals surface area contributed by atoms with Gasteiger partial charge in [0.05, 0.1) is 37.9 Å². The normalized spacial score (nSPS) is 13.8. The maximum absolute atomic E-state index is 11.5. The van der Waals surface area contributed by atoms with Crippen LogP contribution in [0.3, 0.4) is 0 Å². The fourth-order valence-electron chi connectivity index (χ4n) is 4.31. The number of aromatic carboxylic acids is 1. The number of fused-ring (bicyclic) bond motifs is 1. The van der Waals surface area contributed by atoms with E-state index in [4.69, 9.17) is 37.5 Å². The second-order valence-electron chi connectivity index (χ2n) is 9.16. The molecule has 0 bridgehead atoms. The first-order chi connectivity index (χ1) is 18.4. The van der Waals surface area contributed by atoms with E-state index in [0.717, 1.165) is 41.7 Å². The third-order valence-electron chi connectivity index (χ3n) is 6.46. The largest absolute Gasteiger partial charge is 0.478 e. The first kappa shape index (κ1) is 26.7. The van der Waals surface area contributed by atoms with Crippen LogP contribution in [0.1, 0.15) is 67.1 Å². The van der Waals surface area contributed by atoms with Crippen molar-refractivity contribution in [2.45, 2.75) is 52.1 Å². The smallest absolute Gasteiger partial charge is 0.335 e. The van der Waals surface area contributed by atoms with E-state index in [1.807, 2.05) is 0 Å². The molecule has 5 rings (SSSR count). The Morgan fingerprint density at radius 1 is 1.24 bits per heavy atom. The molecule has 1 aliphatic carbocycles. The summed E-state index contributed by atoms with van der Waals surface area (Å²) >= 11 is 14.4. The van der Waals surface area contributed by atoms with Crippen LogP contribution in [-0.2, 0) is 11.4 Å². The van der Waals surface area contributed by atoms with Crippen molar-refractivity contribution in [3.8, 4) is 11.3 Å². The van der Waals surface area contributed by atoms with Crippen LogP contribution in [-0.4, -0.2) is 27.8 Å². The first-order valence-corrected chi connectivity index (χ1v) is 14.1. The van der Waals surface area contributed by atoms with Crippen molar-refractivity contribution < 1.29 is 19.3 Å². The number of thiazole rings is 1. The van der Waals surface area contributed by atoms with Crippen molar-refractivity contribution in [3.05, 3.63) is 75.0 Å². The molecule has 2 heterocycles. The Morgan fingerprint density at radius 2 is 2.00 bits per heavy atom. The molecule has 7 nitrogen and oxygen atoms in total. The first-order valence-electron chi connectivity index (χ1n) is 12.5. The van der Waals surface area contributed by atoms with Crippen molar-refractivity contribution in [1.82, 2.24) is 10.1 Å². The van der Waals surface area contributed by atoms with Crippen LogP contribution < -0.4 is 5.06 Å². The minimum Gasteiger partial charge on any atom is -0.478 e. The Labute approximate surface area is 234 Å². The number of halogens is 2. The van der Waals surface area contributed by atoms with Gasteiger partial charge in [0.25, 0.3) is 0 Å². The number of hydroxylamine groups is 1. The van der Waals surface area contributed by atoms with Gasteiger partial charge in [0.2, 0.25) is 5.13 Å². The van der Waals surface area contributed by atoms with E-state index in [2.05, 4.69) is 25.1 Å². The standard InChI is InChI=1S/C28H27Cl2N3O4S/c1-3-6-16(4-2)14-33(28-31-22-12-11-18(27(34)35)13-23(22)38-28)36-15-19-25(32-37-26(19)17-9-10-17)24-20(29)7-5-8-21(24)30/h5-8,11-13,17H,3-4,9-10,14-15H2,1-2H3,(H,34,35)/b16-6+. The van der Waals surface area contributed by atoms with Crippen molar-refractivity contribution in [1.29, 1.82) is 0 Å².